The van der Waals surface area contributed by atoms with Gasteiger partial charge in [0.1, 0.15) is 0 Å². The van der Waals surface area contributed by atoms with E-state index in [0.717, 1.165) is 28.1 Å². The van der Waals surface area contributed by atoms with Gasteiger partial charge in [0.05, 0.1) is 11.9 Å². The van der Waals surface area contributed by atoms with E-state index in [0.29, 0.717) is 11.1 Å². The van der Waals surface area contributed by atoms with Crippen LogP contribution in [0.3, 0.4) is 0 Å². The van der Waals surface area contributed by atoms with E-state index in [4.69, 9.17) is 0 Å². The van der Waals surface area contributed by atoms with Gasteiger partial charge in [0.25, 0.3) is 5.91 Å². The number of nitrogens with zero attached hydrogens (tertiary/aromatic N) is 3. The smallest absolute Gasteiger partial charge is 0.281 e. The minimum Gasteiger partial charge on any atom is -0.372 e. The molecular formula is C21H20N4O2. The Morgan fingerprint density at radius 2 is 1.67 bits per heavy atom. The highest BCUT2D eigenvalue weighted by molar-refractivity contribution is 5.99. The molecule has 1 heterocycles. The van der Waals surface area contributed by atoms with E-state index in [1.807, 2.05) is 57.3 Å². The first kappa shape index (κ1) is 17.2. The number of hydrogen-bond donors (Lipinski definition) is 2. The molecule has 2 aromatic carbocycles. The molecule has 1 aliphatic rings. The van der Waals surface area contributed by atoms with Crippen molar-refractivity contribution in [2.75, 3.05) is 0 Å². The minimum absolute atomic E-state index is 0.563. The monoisotopic (exact) mass is 360 g/mol. The van der Waals surface area contributed by atoms with Gasteiger partial charge in [-0.2, -0.15) is 10.2 Å². The fraction of sp³-hybridized carbons (Fsp3) is 0.190. The lowest BCUT2D eigenvalue weighted by molar-refractivity contribution is -0.136. The third-order valence-corrected chi connectivity index (χ3v) is 5.18. The van der Waals surface area contributed by atoms with Crippen molar-refractivity contribution in [2.45, 2.75) is 19.4 Å². The fourth-order valence-corrected chi connectivity index (χ4v) is 3.67. The van der Waals surface area contributed by atoms with Crippen molar-refractivity contribution in [1.82, 2.24) is 15.2 Å². The number of fused-ring (bicyclic) bond motifs is 3. The van der Waals surface area contributed by atoms with Gasteiger partial charge in [0.15, 0.2) is 5.60 Å². The number of carbonyl (C=O) groups excluding carboxylic acids is 1. The first-order valence-electron chi connectivity index (χ1n) is 8.70. The Balaban J connectivity index is 1.68. The van der Waals surface area contributed by atoms with Crippen LogP contribution in [-0.4, -0.2) is 27.0 Å². The maximum atomic E-state index is 13.0. The average molecular weight is 360 g/mol. The molecule has 0 atom stereocenters. The summed E-state index contributed by atoms with van der Waals surface area (Å²) in [6.45, 7) is 3.81. The second-order valence-electron chi connectivity index (χ2n) is 6.71. The van der Waals surface area contributed by atoms with Crippen molar-refractivity contribution in [3.63, 3.8) is 0 Å². The molecule has 0 saturated carbocycles. The lowest BCUT2D eigenvalue weighted by Crippen LogP contribution is -2.42. The quantitative estimate of drug-likeness (QED) is 0.556. The zero-order valence-electron chi connectivity index (χ0n) is 15.4. The first-order chi connectivity index (χ1) is 12.9. The Bertz CT molecular complexity index is 1040. The van der Waals surface area contributed by atoms with Crippen LogP contribution in [0, 0.1) is 13.8 Å². The van der Waals surface area contributed by atoms with Crippen LogP contribution in [0.1, 0.15) is 28.1 Å². The summed E-state index contributed by atoms with van der Waals surface area (Å²) >= 11 is 0. The summed E-state index contributed by atoms with van der Waals surface area (Å²) in [6.07, 6.45) is 1.56. The van der Waals surface area contributed by atoms with Crippen molar-refractivity contribution >= 4 is 12.1 Å². The van der Waals surface area contributed by atoms with E-state index in [-0.39, 0.29) is 0 Å². The topological polar surface area (TPSA) is 79.5 Å². The molecule has 1 aromatic heterocycles. The third kappa shape index (κ3) is 2.49. The molecule has 0 saturated heterocycles. The number of aryl methyl sites for hydroxylation is 2. The molecule has 0 unspecified atom stereocenters. The number of aromatic nitrogens is 2. The zero-order chi connectivity index (χ0) is 19.2. The third-order valence-electron chi connectivity index (χ3n) is 5.18. The van der Waals surface area contributed by atoms with Crippen molar-refractivity contribution in [2.24, 2.45) is 12.1 Å². The molecule has 0 radical (unpaired) electrons. The molecule has 0 fully saturated rings. The average Bonchev–Trinajstić information content (AvgIpc) is 3.08. The number of aliphatic hydroxyl groups is 1. The first-order valence-corrected chi connectivity index (χ1v) is 8.70. The van der Waals surface area contributed by atoms with Gasteiger partial charge in [-0.05, 0) is 25.0 Å². The maximum Gasteiger partial charge on any atom is 0.281 e. The second-order valence-corrected chi connectivity index (χ2v) is 6.71. The Morgan fingerprint density at radius 1 is 1.11 bits per heavy atom. The number of amides is 1. The predicted octanol–water partition coefficient (Wildman–Crippen LogP) is 2.40. The molecule has 3 aromatic rings. The molecule has 27 heavy (non-hydrogen) atoms. The second kappa shape index (κ2) is 6.17. The van der Waals surface area contributed by atoms with Gasteiger partial charge >= 0.3 is 0 Å². The van der Waals surface area contributed by atoms with E-state index in [9.17, 15) is 9.90 Å². The molecular weight excluding hydrogens is 340 g/mol. The van der Waals surface area contributed by atoms with Crippen LogP contribution in [0.4, 0.5) is 0 Å². The van der Waals surface area contributed by atoms with Gasteiger partial charge in [0, 0.05) is 29.4 Å². The van der Waals surface area contributed by atoms with E-state index in [2.05, 4.69) is 15.6 Å². The van der Waals surface area contributed by atoms with Crippen LogP contribution in [0.15, 0.2) is 53.6 Å². The lowest BCUT2D eigenvalue weighted by Gasteiger charge is -2.23. The summed E-state index contributed by atoms with van der Waals surface area (Å²) < 4.78 is 1.76. The molecule has 0 bridgehead atoms. The summed E-state index contributed by atoms with van der Waals surface area (Å²) in [5.74, 6) is -0.588. The largest absolute Gasteiger partial charge is 0.372 e. The van der Waals surface area contributed by atoms with Gasteiger partial charge in [-0.15, -0.1) is 0 Å². The highest BCUT2D eigenvalue weighted by Crippen LogP contribution is 2.47. The lowest BCUT2D eigenvalue weighted by atomic mass is 9.91. The molecule has 0 spiro atoms. The van der Waals surface area contributed by atoms with Crippen molar-refractivity contribution in [3.8, 4) is 11.1 Å². The van der Waals surface area contributed by atoms with Crippen molar-refractivity contribution in [3.05, 3.63) is 76.6 Å². The Morgan fingerprint density at radius 3 is 2.19 bits per heavy atom. The molecule has 4 rings (SSSR count). The summed E-state index contributed by atoms with van der Waals surface area (Å²) in [5.41, 5.74) is 6.18. The van der Waals surface area contributed by atoms with Crippen LogP contribution >= 0.6 is 0 Å². The van der Waals surface area contributed by atoms with Crippen LogP contribution in [0.5, 0.6) is 0 Å². The number of hydrogen-bond acceptors (Lipinski definition) is 4. The summed E-state index contributed by atoms with van der Waals surface area (Å²) in [6, 6.07) is 14.8. The van der Waals surface area contributed by atoms with E-state index in [1.165, 1.54) is 0 Å². The molecule has 6 nitrogen and oxygen atoms in total. The van der Waals surface area contributed by atoms with Crippen LogP contribution in [0.2, 0.25) is 0 Å². The Labute approximate surface area is 157 Å². The maximum absolute atomic E-state index is 13.0. The minimum atomic E-state index is -1.77. The Hall–Kier alpha value is -3.25. The molecule has 6 heteroatoms. The van der Waals surface area contributed by atoms with Gasteiger partial charge in [0.2, 0.25) is 0 Å². The molecule has 1 aliphatic carbocycles. The molecule has 136 valence electrons. The van der Waals surface area contributed by atoms with E-state index >= 15 is 0 Å². The standard InChI is InChI=1S/C21H20N4O2/c1-13-17(14(2)25(3)24-13)12-22-23-20(26)21(27)18-10-6-4-8-15(18)16-9-5-7-11-19(16)21/h4-12,27H,1-3H3,(H,23,26). The summed E-state index contributed by atoms with van der Waals surface area (Å²) in [4.78, 5) is 13.0. The highest BCUT2D eigenvalue weighted by atomic mass is 16.3. The van der Waals surface area contributed by atoms with Gasteiger partial charge in [-0.3, -0.25) is 9.48 Å². The molecule has 1 amide bonds. The highest BCUT2D eigenvalue weighted by Gasteiger charge is 2.47. The van der Waals surface area contributed by atoms with E-state index < -0.39 is 11.5 Å². The fourth-order valence-electron chi connectivity index (χ4n) is 3.67. The number of hydrazone groups is 1. The van der Waals surface area contributed by atoms with Crippen LogP contribution in [0.25, 0.3) is 11.1 Å². The Kier molecular flexibility index (Phi) is 3.93. The molecule has 0 aliphatic heterocycles. The predicted molar refractivity (Wildman–Crippen MR) is 103 cm³/mol. The van der Waals surface area contributed by atoms with Gasteiger partial charge in [-0.1, -0.05) is 48.5 Å². The number of benzene rings is 2. The normalized spacial score (nSPS) is 14.2. The zero-order valence-corrected chi connectivity index (χ0v) is 15.4. The van der Waals surface area contributed by atoms with E-state index in [1.54, 1.807) is 23.0 Å². The van der Waals surface area contributed by atoms with Crippen LogP contribution in [-0.2, 0) is 17.4 Å². The van der Waals surface area contributed by atoms with Crippen LogP contribution < -0.4 is 5.43 Å². The number of carbonyl (C=O) groups is 1. The number of nitrogens with one attached hydrogen (secondary N) is 1. The SMILES string of the molecule is Cc1nn(C)c(C)c1C=NNC(=O)C1(O)c2ccccc2-c2ccccc21. The van der Waals surface area contributed by atoms with Crippen molar-refractivity contribution < 1.29 is 9.90 Å². The summed E-state index contributed by atoms with van der Waals surface area (Å²) in [5, 5.41) is 19.8. The molecule has 2 N–H and O–H groups in total. The summed E-state index contributed by atoms with van der Waals surface area (Å²) in [7, 11) is 1.85. The number of rotatable bonds is 3. The van der Waals surface area contributed by atoms with Gasteiger partial charge < -0.3 is 5.11 Å². The van der Waals surface area contributed by atoms with Crippen molar-refractivity contribution in [1.29, 1.82) is 0 Å². The van der Waals surface area contributed by atoms with Gasteiger partial charge in [-0.25, -0.2) is 5.43 Å².